The van der Waals surface area contributed by atoms with Gasteiger partial charge in [-0.3, -0.25) is 9.58 Å². The number of aryl methyl sites for hydroxylation is 1. The molecule has 3 aromatic heterocycles. The standard InChI is InChI=1S/C19H21FN8/c1-25-18-15(11-24-25)19(22-12-21-18)27-7-4-26(5-8-27)6-9-28-13-23-16-10-14(20)2-3-17(16)28/h2-3,10-13H,4-9H2,1H3. The number of fused-ring (bicyclic) bond motifs is 2. The lowest BCUT2D eigenvalue weighted by Gasteiger charge is -2.35. The predicted octanol–water partition coefficient (Wildman–Crippen LogP) is 1.67. The molecule has 1 aliphatic heterocycles. The maximum atomic E-state index is 13.3. The van der Waals surface area contributed by atoms with Gasteiger partial charge in [0.1, 0.15) is 18.0 Å². The van der Waals surface area contributed by atoms with Gasteiger partial charge < -0.3 is 9.47 Å². The molecule has 0 atom stereocenters. The number of rotatable bonds is 4. The van der Waals surface area contributed by atoms with Gasteiger partial charge >= 0.3 is 0 Å². The van der Waals surface area contributed by atoms with Gasteiger partial charge in [-0.15, -0.1) is 0 Å². The number of imidazole rings is 1. The Morgan fingerprint density at radius 1 is 1.04 bits per heavy atom. The van der Waals surface area contributed by atoms with Crippen LogP contribution >= 0.6 is 0 Å². The second-order valence-electron chi connectivity index (χ2n) is 7.10. The fourth-order valence-electron chi connectivity index (χ4n) is 3.85. The van der Waals surface area contributed by atoms with Crippen molar-refractivity contribution in [2.75, 3.05) is 37.6 Å². The second kappa shape index (κ2) is 6.83. The minimum Gasteiger partial charge on any atom is -0.353 e. The van der Waals surface area contributed by atoms with Gasteiger partial charge in [0, 0.05) is 52.4 Å². The average Bonchev–Trinajstić information content (AvgIpc) is 3.30. The van der Waals surface area contributed by atoms with Crippen molar-refractivity contribution in [3.8, 4) is 0 Å². The fraction of sp³-hybridized carbons (Fsp3) is 0.368. The van der Waals surface area contributed by atoms with E-state index in [9.17, 15) is 4.39 Å². The zero-order valence-electron chi connectivity index (χ0n) is 15.7. The van der Waals surface area contributed by atoms with Gasteiger partial charge in [-0.1, -0.05) is 0 Å². The van der Waals surface area contributed by atoms with Crippen molar-refractivity contribution in [1.29, 1.82) is 0 Å². The summed E-state index contributed by atoms with van der Waals surface area (Å²) in [6, 6.07) is 4.76. The lowest BCUT2D eigenvalue weighted by molar-refractivity contribution is 0.249. The van der Waals surface area contributed by atoms with Crippen molar-refractivity contribution >= 4 is 27.9 Å². The van der Waals surface area contributed by atoms with E-state index in [1.165, 1.54) is 12.1 Å². The molecule has 4 heterocycles. The minimum atomic E-state index is -0.249. The number of hydrogen-bond acceptors (Lipinski definition) is 6. The van der Waals surface area contributed by atoms with Gasteiger partial charge in [-0.25, -0.2) is 19.3 Å². The zero-order chi connectivity index (χ0) is 19.1. The number of piperazine rings is 1. The summed E-state index contributed by atoms with van der Waals surface area (Å²) >= 11 is 0. The van der Waals surface area contributed by atoms with Crippen LogP contribution in [0.5, 0.6) is 0 Å². The molecule has 1 saturated heterocycles. The van der Waals surface area contributed by atoms with E-state index in [0.717, 1.165) is 61.6 Å². The largest absolute Gasteiger partial charge is 0.353 e. The number of aromatic nitrogens is 6. The molecular weight excluding hydrogens is 359 g/mol. The number of halogens is 1. The van der Waals surface area contributed by atoms with Crippen LogP contribution in [-0.4, -0.2) is 66.9 Å². The van der Waals surface area contributed by atoms with Crippen LogP contribution in [0.2, 0.25) is 0 Å². The first-order chi connectivity index (χ1) is 13.7. The molecule has 0 aliphatic carbocycles. The normalized spacial score (nSPS) is 15.7. The Morgan fingerprint density at radius 3 is 2.75 bits per heavy atom. The third-order valence-electron chi connectivity index (χ3n) is 5.42. The van der Waals surface area contributed by atoms with Crippen LogP contribution in [0, 0.1) is 5.82 Å². The van der Waals surface area contributed by atoms with Gasteiger partial charge in [-0.2, -0.15) is 5.10 Å². The topological polar surface area (TPSA) is 67.9 Å². The molecule has 0 bridgehead atoms. The molecule has 8 nitrogen and oxygen atoms in total. The first kappa shape index (κ1) is 17.1. The average molecular weight is 380 g/mol. The molecule has 1 aliphatic rings. The van der Waals surface area contributed by atoms with E-state index in [2.05, 4.69) is 34.4 Å². The van der Waals surface area contributed by atoms with Crippen LogP contribution in [0.3, 0.4) is 0 Å². The van der Waals surface area contributed by atoms with E-state index in [4.69, 9.17) is 0 Å². The van der Waals surface area contributed by atoms with Crippen LogP contribution in [0.1, 0.15) is 0 Å². The SMILES string of the molecule is Cn1ncc2c(N3CCN(CCn4cnc5cc(F)ccc54)CC3)ncnc21. The van der Waals surface area contributed by atoms with Gasteiger partial charge in [0.15, 0.2) is 5.65 Å². The van der Waals surface area contributed by atoms with E-state index in [1.807, 2.05) is 13.2 Å². The zero-order valence-corrected chi connectivity index (χ0v) is 15.7. The van der Waals surface area contributed by atoms with Crippen molar-refractivity contribution in [2.45, 2.75) is 6.54 Å². The van der Waals surface area contributed by atoms with Crippen LogP contribution in [0.4, 0.5) is 10.2 Å². The van der Waals surface area contributed by atoms with Gasteiger partial charge in [0.25, 0.3) is 0 Å². The van der Waals surface area contributed by atoms with Crippen molar-refractivity contribution < 1.29 is 4.39 Å². The summed E-state index contributed by atoms with van der Waals surface area (Å²) in [4.78, 5) is 17.9. The molecule has 0 spiro atoms. The molecule has 0 amide bonds. The molecule has 1 fully saturated rings. The Kier molecular flexibility index (Phi) is 4.16. The van der Waals surface area contributed by atoms with Gasteiger partial charge in [0.2, 0.25) is 0 Å². The first-order valence-corrected chi connectivity index (χ1v) is 9.39. The van der Waals surface area contributed by atoms with Crippen molar-refractivity contribution in [3.05, 3.63) is 42.9 Å². The summed E-state index contributed by atoms with van der Waals surface area (Å²) in [7, 11) is 1.89. The Balaban J connectivity index is 1.23. The highest BCUT2D eigenvalue weighted by Gasteiger charge is 2.21. The monoisotopic (exact) mass is 380 g/mol. The van der Waals surface area contributed by atoms with Crippen LogP contribution in [0.15, 0.2) is 37.1 Å². The molecule has 144 valence electrons. The maximum Gasteiger partial charge on any atom is 0.163 e. The minimum absolute atomic E-state index is 0.249. The number of benzene rings is 1. The van der Waals surface area contributed by atoms with E-state index in [1.54, 1.807) is 23.4 Å². The fourth-order valence-corrected chi connectivity index (χ4v) is 3.85. The highest BCUT2D eigenvalue weighted by Crippen LogP contribution is 2.23. The quantitative estimate of drug-likeness (QED) is 0.537. The molecule has 0 radical (unpaired) electrons. The van der Waals surface area contributed by atoms with Gasteiger partial charge in [-0.05, 0) is 12.1 Å². The summed E-state index contributed by atoms with van der Waals surface area (Å²) in [5.41, 5.74) is 2.53. The van der Waals surface area contributed by atoms with E-state index < -0.39 is 0 Å². The molecule has 1 aromatic carbocycles. The third-order valence-corrected chi connectivity index (χ3v) is 5.42. The number of anilines is 1. The molecule has 9 heteroatoms. The Hall–Kier alpha value is -3.07. The molecule has 28 heavy (non-hydrogen) atoms. The van der Waals surface area contributed by atoms with Crippen molar-refractivity contribution in [2.24, 2.45) is 7.05 Å². The van der Waals surface area contributed by atoms with Crippen molar-refractivity contribution in [1.82, 2.24) is 34.2 Å². The maximum absolute atomic E-state index is 13.3. The molecule has 5 rings (SSSR count). The number of hydrogen-bond donors (Lipinski definition) is 0. The third kappa shape index (κ3) is 2.97. The summed E-state index contributed by atoms with van der Waals surface area (Å²) < 4.78 is 17.2. The Bertz CT molecular complexity index is 1130. The summed E-state index contributed by atoms with van der Waals surface area (Å²) in [6.07, 6.45) is 5.24. The van der Waals surface area contributed by atoms with Gasteiger partial charge in [0.05, 0.1) is 28.9 Å². The Labute approximate surface area is 161 Å². The molecule has 4 aromatic rings. The van der Waals surface area contributed by atoms with Crippen LogP contribution < -0.4 is 4.90 Å². The molecular formula is C19H21FN8. The molecule has 0 N–H and O–H groups in total. The summed E-state index contributed by atoms with van der Waals surface area (Å²) in [6.45, 7) is 5.53. The molecule has 0 unspecified atom stereocenters. The van der Waals surface area contributed by atoms with E-state index in [0.29, 0.717) is 5.52 Å². The smallest absolute Gasteiger partial charge is 0.163 e. The van der Waals surface area contributed by atoms with E-state index in [-0.39, 0.29) is 5.82 Å². The second-order valence-corrected chi connectivity index (χ2v) is 7.10. The highest BCUT2D eigenvalue weighted by molar-refractivity contribution is 5.86. The molecule has 0 saturated carbocycles. The summed E-state index contributed by atoms with van der Waals surface area (Å²) in [5.74, 6) is 0.710. The first-order valence-electron chi connectivity index (χ1n) is 9.39. The highest BCUT2D eigenvalue weighted by atomic mass is 19.1. The van der Waals surface area contributed by atoms with E-state index >= 15 is 0 Å². The van der Waals surface area contributed by atoms with Crippen molar-refractivity contribution in [3.63, 3.8) is 0 Å². The lowest BCUT2D eigenvalue weighted by atomic mass is 10.2. The number of nitrogens with zero attached hydrogens (tertiary/aromatic N) is 8. The summed E-state index contributed by atoms with van der Waals surface area (Å²) in [5, 5.41) is 5.30. The predicted molar refractivity (Wildman–Crippen MR) is 105 cm³/mol. The Morgan fingerprint density at radius 2 is 1.89 bits per heavy atom. The lowest BCUT2D eigenvalue weighted by Crippen LogP contribution is -2.47. The van der Waals surface area contributed by atoms with Crippen LogP contribution in [-0.2, 0) is 13.6 Å². The van der Waals surface area contributed by atoms with Crippen LogP contribution in [0.25, 0.3) is 22.1 Å².